The summed E-state index contributed by atoms with van der Waals surface area (Å²) in [5.74, 6) is -0.216. The molecule has 3 aromatic carbocycles. The van der Waals surface area contributed by atoms with Gasteiger partial charge in [0.2, 0.25) is 5.90 Å². The molecule has 3 aliphatic heterocycles. The van der Waals surface area contributed by atoms with E-state index in [9.17, 15) is 9.59 Å². The van der Waals surface area contributed by atoms with Crippen LogP contribution in [0.3, 0.4) is 0 Å². The number of carbonyl (C=O) groups excluding carboxylic acids is 2. The normalized spacial score (nSPS) is 25.6. The Morgan fingerprint density at radius 2 is 1.66 bits per heavy atom. The van der Waals surface area contributed by atoms with Gasteiger partial charge < -0.3 is 9.47 Å². The highest BCUT2D eigenvalue weighted by Crippen LogP contribution is 2.59. The first kappa shape index (κ1) is 24.1. The van der Waals surface area contributed by atoms with Crippen molar-refractivity contribution in [1.82, 2.24) is 5.01 Å². The van der Waals surface area contributed by atoms with E-state index < -0.39 is 34.9 Å². The summed E-state index contributed by atoms with van der Waals surface area (Å²) in [4.78, 5) is 33.5. The molecule has 0 N–H and O–H groups in total. The minimum absolute atomic E-state index is 0.0205. The number of carbonyl (C=O) groups is 2. The van der Waals surface area contributed by atoms with Gasteiger partial charge in [0.15, 0.2) is 11.3 Å². The van der Waals surface area contributed by atoms with E-state index in [-0.39, 0.29) is 11.7 Å². The predicted octanol–water partition coefficient (Wildman–Crippen LogP) is 4.91. The molecule has 3 heterocycles. The number of benzene rings is 3. The first-order chi connectivity index (χ1) is 18.3. The molecule has 7 nitrogen and oxygen atoms in total. The SMILES string of the molecule is COc1ccc([C@@H]2[C@H](C(=O)C(C)(C)C)N3N=Cc4ccccc4[C@@H]3[C@]23N=C(c2ccccc2)OC3=O)cc1. The van der Waals surface area contributed by atoms with Crippen molar-refractivity contribution in [1.29, 1.82) is 0 Å². The zero-order chi connectivity index (χ0) is 26.7. The van der Waals surface area contributed by atoms with Crippen LogP contribution in [0.4, 0.5) is 0 Å². The third-order valence-corrected chi connectivity index (χ3v) is 7.68. The molecule has 7 heteroatoms. The highest BCUT2D eigenvalue weighted by Gasteiger charge is 2.71. The number of aliphatic imine (C=N–C) groups is 1. The second-order valence-corrected chi connectivity index (χ2v) is 11.0. The lowest BCUT2D eigenvalue weighted by Gasteiger charge is -2.35. The number of rotatable bonds is 4. The van der Waals surface area contributed by atoms with E-state index >= 15 is 0 Å². The van der Waals surface area contributed by atoms with Crippen molar-refractivity contribution in [3.05, 3.63) is 101 Å². The first-order valence-electron chi connectivity index (χ1n) is 12.7. The van der Waals surface area contributed by atoms with Crippen molar-refractivity contribution in [2.24, 2.45) is 15.5 Å². The fraction of sp³-hybridized carbons (Fsp3) is 0.290. The van der Waals surface area contributed by atoms with E-state index in [0.29, 0.717) is 11.3 Å². The van der Waals surface area contributed by atoms with E-state index in [4.69, 9.17) is 19.6 Å². The summed E-state index contributed by atoms with van der Waals surface area (Å²) in [5.41, 5.74) is 1.16. The average molecular weight is 508 g/mol. The number of cyclic esters (lactones) is 1. The molecule has 3 aliphatic rings. The van der Waals surface area contributed by atoms with Crippen LogP contribution in [0.5, 0.6) is 5.75 Å². The smallest absolute Gasteiger partial charge is 0.344 e. The van der Waals surface area contributed by atoms with Gasteiger partial charge in [0.25, 0.3) is 0 Å². The summed E-state index contributed by atoms with van der Waals surface area (Å²) in [6, 6.07) is 23.4. The molecule has 4 atom stereocenters. The quantitative estimate of drug-likeness (QED) is 0.469. The maximum atomic E-state index is 14.2. The van der Waals surface area contributed by atoms with Gasteiger partial charge in [0.05, 0.1) is 19.2 Å². The summed E-state index contributed by atoms with van der Waals surface area (Å²) in [7, 11) is 1.61. The van der Waals surface area contributed by atoms with Gasteiger partial charge in [-0.2, -0.15) is 5.10 Å². The van der Waals surface area contributed by atoms with Crippen LogP contribution in [0, 0.1) is 5.41 Å². The van der Waals surface area contributed by atoms with Crippen LogP contribution in [0.25, 0.3) is 0 Å². The Morgan fingerprint density at radius 1 is 0.974 bits per heavy atom. The number of hydrogen-bond donors (Lipinski definition) is 0. The number of methoxy groups -OCH3 is 1. The van der Waals surface area contributed by atoms with Gasteiger partial charge in [-0.1, -0.05) is 75.4 Å². The van der Waals surface area contributed by atoms with Gasteiger partial charge in [-0.05, 0) is 41.0 Å². The second-order valence-electron chi connectivity index (χ2n) is 11.0. The fourth-order valence-electron chi connectivity index (χ4n) is 5.89. The Kier molecular flexibility index (Phi) is 5.49. The standard InChI is InChI=1S/C31H29N3O4/c1-30(2,3)27(35)25-24(19-14-16-22(37-4)17-15-19)31(26-23-13-9-8-12-21(23)18-32-34(25)26)29(36)38-28(33-31)20-10-6-5-7-11-20/h5-18,24-26H,1-4H3/t24-,25-,26-,31-/m1/s1. The number of Topliss-reactive ketones (excluding diaryl/α,β-unsaturated/α-hetero) is 1. The van der Waals surface area contributed by atoms with Crippen molar-refractivity contribution in [3.8, 4) is 5.75 Å². The molecule has 192 valence electrons. The number of esters is 1. The van der Waals surface area contributed by atoms with Crippen molar-refractivity contribution in [3.63, 3.8) is 0 Å². The number of hydrazone groups is 1. The summed E-state index contributed by atoms with van der Waals surface area (Å²) < 4.78 is 11.4. The molecule has 0 bridgehead atoms. The molecule has 0 aromatic heterocycles. The summed E-state index contributed by atoms with van der Waals surface area (Å²) >= 11 is 0. The molecule has 3 aromatic rings. The Hall–Kier alpha value is -4.26. The Balaban J connectivity index is 1.65. The van der Waals surface area contributed by atoms with Gasteiger partial charge in [0.1, 0.15) is 17.8 Å². The maximum Gasteiger partial charge on any atom is 0.344 e. The van der Waals surface area contributed by atoms with Crippen LogP contribution in [0.2, 0.25) is 0 Å². The summed E-state index contributed by atoms with van der Waals surface area (Å²) in [6.45, 7) is 5.69. The van der Waals surface area contributed by atoms with Crippen LogP contribution in [-0.4, -0.2) is 47.6 Å². The van der Waals surface area contributed by atoms with Gasteiger partial charge in [-0.25, -0.2) is 9.79 Å². The molecule has 1 fully saturated rings. The number of nitrogens with zero attached hydrogens (tertiary/aromatic N) is 3. The molecular weight excluding hydrogens is 478 g/mol. The second kappa shape index (κ2) is 8.65. The largest absolute Gasteiger partial charge is 0.497 e. The van der Waals surface area contributed by atoms with Gasteiger partial charge in [-0.15, -0.1) is 0 Å². The third-order valence-electron chi connectivity index (χ3n) is 7.68. The first-order valence-corrected chi connectivity index (χ1v) is 12.7. The van der Waals surface area contributed by atoms with Gasteiger partial charge in [-0.3, -0.25) is 9.80 Å². The molecule has 0 saturated carbocycles. The molecule has 1 saturated heterocycles. The summed E-state index contributed by atoms with van der Waals surface area (Å²) in [5, 5.41) is 6.59. The number of ketones is 1. The topological polar surface area (TPSA) is 80.6 Å². The average Bonchev–Trinajstić information content (AvgIpc) is 3.43. The van der Waals surface area contributed by atoms with Crippen molar-refractivity contribution < 1.29 is 19.1 Å². The minimum atomic E-state index is -1.43. The summed E-state index contributed by atoms with van der Waals surface area (Å²) in [6.07, 6.45) is 1.76. The van der Waals surface area contributed by atoms with Gasteiger partial charge >= 0.3 is 5.97 Å². The monoisotopic (exact) mass is 507 g/mol. The molecule has 1 spiro atoms. The molecule has 38 heavy (non-hydrogen) atoms. The van der Waals surface area contributed by atoms with Crippen molar-refractivity contribution >= 4 is 23.9 Å². The maximum absolute atomic E-state index is 14.2. The number of ether oxygens (including phenoxy) is 2. The molecule has 0 unspecified atom stereocenters. The third kappa shape index (κ3) is 3.49. The fourth-order valence-corrected chi connectivity index (χ4v) is 5.89. The molecule has 0 aliphatic carbocycles. The van der Waals surface area contributed by atoms with Crippen LogP contribution >= 0.6 is 0 Å². The zero-order valence-corrected chi connectivity index (χ0v) is 21.8. The Morgan fingerprint density at radius 3 is 2.34 bits per heavy atom. The minimum Gasteiger partial charge on any atom is -0.497 e. The van der Waals surface area contributed by atoms with E-state index in [0.717, 1.165) is 16.7 Å². The highest BCUT2D eigenvalue weighted by atomic mass is 16.6. The van der Waals surface area contributed by atoms with Crippen LogP contribution in [0.15, 0.2) is 89.0 Å². The molecule has 6 rings (SSSR count). The lowest BCUT2D eigenvalue weighted by atomic mass is 9.70. The lowest BCUT2D eigenvalue weighted by Crippen LogP contribution is -2.45. The lowest BCUT2D eigenvalue weighted by molar-refractivity contribution is -0.140. The predicted molar refractivity (Wildman–Crippen MR) is 144 cm³/mol. The van der Waals surface area contributed by atoms with Gasteiger partial charge in [0, 0.05) is 11.0 Å². The van der Waals surface area contributed by atoms with E-state index in [1.807, 2.05) is 99.6 Å². The van der Waals surface area contributed by atoms with E-state index in [1.54, 1.807) is 18.3 Å². The van der Waals surface area contributed by atoms with Crippen LogP contribution in [0.1, 0.15) is 55.0 Å². The van der Waals surface area contributed by atoms with Crippen LogP contribution < -0.4 is 4.74 Å². The zero-order valence-electron chi connectivity index (χ0n) is 21.8. The van der Waals surface area contributed by atoms with Crippen molar-refractivity contribution in [2.75, 3.05) is 7.11 Å². The Labute approximate surface area is 221 Å². The van der Waals surface area contributed by atoms with Crippen molar-refractivity contribution in [2.45, 2.75) is 44.3 Å². The molecule has 0 amide bonds. The molecular formula is C31H29N3O4. The van der Waals surface area contributed by atoms with E-state index in [1.165, 1.54) is 0 Å². The highest BCUT2D eigenvalue weighted by molar-refractivity contribution is 6.10. The van der Waals surface area contributed by atoms with E-state index in [2.05, 4.69) is 0 Å². The number of hydrogen-bond acceptors (Lipinski definition) is 7. The Bertz CT molecular complexity index is 1470. The number of fused-ring (bicyclic) bond motifs is 4. The van der Waals surface area contributed by atoms with Crippen LogP contribution in [-0.2, 0) is 14.3 Å². The molecule has 0 radical (unpaired) electrons.